The molecular formula is C18H22N2OS. The minimum Gasteiger partial charge on any atom is -0.339 e. The molecule has 1 aliphatic heterocycles. The van der Waals surface area contributed by atoms with Crippen LogP contribution in [0.25, 0.3) is 10.9 Å². The molecule has 1 aliphatic rings. The summed E-state index contributed by atoms with van der Waals surface area (Å²) in [7, 11) is 0. The van der Waals surface area contributed by atoms with Crippen molar-refractivity contribution in [1.82, 2.24) is 9.88 Å². The molecule has 0 spiro atoms. The van der Waals surface area contributed by atoms with E-state index in [1.807, 2.05) is 23.1 Å². The molecule has 0 aliphatic carbocycles. The number of pyridine rings is 1. The lowest BCUT2D eigenvalue weighted by Gasteiger charge is -2.33. The van der Waals surface area contributed by atoms with Crippen LogP contribution < -0.4 is 0 Å². The van der Waals surface area contributed by atoms with Crippen LogP contribution in [0.15, 0.2) is 35.4 Å². The molecule has 1 amide bonds. The summed E-state index contributed by atoms with van der Waals surface area (Å²) in [5.41, 5.74) is 2.22. The number of amides is 1. The molecule has 116 valence electrons. The number of carbonyl (C=O) groups excluding carboxylic acids is 1. The van der Waals surface area contributed by atoms with Gasteiger partial charge in [0.15, 0.2) is 0 Å². The van der Waals surface area contributed by atoms with Crippen molar-refractivity contribution in [1.29, 1.82) is 0 Å². The number of likely N-dealkylation sites (tertiary alicyclic amines) is 1. The zero-order valence-electron chi connectivity index (χ0n) is 13.2. The Balaban J connectivity index is 1.69. The van der Waals surface area contributed by atoms with Gasteiger partial charge in [0.25, 0.3) is 0 Å². The zero-order chi connectivity index (χ0) is 15.5. The third-order valence-electron chi connectivity index (χ3n) is 4.37. The molecule has 1 atom stereocenters. The molecule has 1 aromatic carbocycles. The van der Waals surface area contributed by atoms with E-state index in [0.717, 1.165) is 29.9 Å². The van der Waals surface area contributed by atoms with Crippen molar-refractivity contribution >= 4 is 28.6 Å². The van der Waals surface area contributed by atoms with Gasteiger partial charge in [0.05, 0.1) is 16.3 Å². The van der Waals surface area contributed by atoms with Crippen LogP contribution in [-0.4, -0.2) is 34.1 Å². The second-order valence-corrected chi connectivity index (χ2v) is 7.01. The number of thioether (sulfide) groups is 1. The molecule has 3 rings (SSSR count). The van der Waals surface area contributed by atoms with Gasteiger partial charge in [-0.3, -0.25) is 4.79 Å². The van der Waals surface area contributed by atoms with Crippen LogP contribution in [0.3, 0.4) is 0 Å². The van der Waals surface area contributed by atoms with Gasteiger partial charge in [-0.05, 0) is 50.8 Å². The Kier molecular flexibility index (Phi) is 4.67. The van der Waals surface area contributed by atoms with Gasteiger partial charge in [0.2, 0.25) is 5.91 Å². The van der Waals surface area contributed by atoms with E-state index in [1.165, 1.54) is 17.4 Å². The highest BCUT2D eigenvalue weighted by Gasteiger charge is 2.23. The van der Waals surface area contributed by atoms with E-state index in [4.69, 9.17) is 0 Å². The van der Waals surface area contributed by atoms with Crippen molar-refractivity contribution in [3.8, 4) is 0 Å². The smallest absolute Gasteiger partial charge is 0.233 e. The zero-order valence-corrected chi connectivity index (χ0v) is 14.0. The van der Waals surface area contributed by atoms with E-state index in [1.54, 1.807) is 11.8 Å². The first-order valence-corrected chi connectivity index (χ1v) is 8.92. The van der Waals surface area contributed by atoms with Gasteiger partial charge in [-0.2, -0.15) is 0 Å². The molecule has 4 heteroatoms. The summed E-state index contributed by atoms with van der Waals surface area (Å²) < 4.78 is 0. The molecule has 3 nitrogen and oxygen atoms in total. The molecule has 1 aromatic heterocycles. The average molecular weight is 314 g/mol. The average Bonchev–Trinajstić information content (AvgIpc) is 2.53. The highest BCUT2D eigenvalue weighted by molar-refractivity contribution is 7.99. The quantitative estimate of drug-likeness (QED) is 0.802. The first-order valence-electron chi connectivity index (χ1n) is 7.94. The summed E-state index contributed by atoms with van der Waals surface area (Å²) >= 11 is 1.55. The first kappa shape index (κ1) is 15.3. The van der Waals surface area contributed by atoms with Gasteiger partial charge in [-0.25, -0.2) is 4.98 Å². The van der Waals surface area contributed by atoms with E-state index in [2.05, 4.69) is 31.0 Å². The Morgan fingerprint density at radius 2 is 2.18 bits per heavy atom. The number of hydrogen-bond donors (Lipinski definition) is 0. The van der Waals surface area contributed by atoms with Crippen LogP contribution in [0.1, 0.15) is 31.7 Å². The number of carbonyl (C=O) groups is 1. The SMILES string of the molecule is Cc1cc(SCC(=O)N2CCCCC2C)nc2ccccc12. The normalized spacial score (nSPS) is 18.6. The highest BCUT2D eigenvalue weighted by atomic mass is 32.2. The molecule has 2 aromatic rings. The highest BCUT2D eigenvalue weighted by Crippen LogP contribution is 2.25. The van der Waals surface area contributed by atoms with Crippen molar-refractivity contribution < 1.29 is 4.79 Å². The molecule has 0 radical (unpaired) electrons. The summed E-state index contributed by atoms with van der Waals surface area (Å²) in [6.45, 7) is 5.16. The fourth-order valence-electron chi connectivity index (χ4n) is 3.08. The van der Waals surface area contributed by atoms with Gasteiger partial charge < -0.3 is 4.90 Å². The van der Waals surface area contributed by atoms with Gasteiger partial charge in [0, 0.05) is 18.0 Å². The van der Waals surface area contributed by atoms with E-state index < -0.39 is 0 Å². The number of para-hydroxylation sites is 1. The van der Waals surface area contributed by atoms with Crippen LogP contribution in [0, 0.1) is 6.92 Å². The minimum absolute atomic E-state index is 0.241. The van der Waals surface area contributed by atoms with Crippen molar-refractivity contribution in [3.05, 3.63) is 35.9 Å². The number of piperidine rings is 1. The molecule has 1 unspecified atom stereocenters. The molecule has 0 bridgehead atoms. The number of hydrogen-bond acceptors (Lipinski definition) is 3. The minimum atomic E-state index is 0.241. The van der Waals surface area contributed by atoms with Gasteiger partial charge in [0.1, 0.15) is 0 Å². The van der Waals surface area contributed by atoms with E-state index in [0.29, 0.717) is 11.8 Å². The Labute approximate surface area is 136 Å². The molecule has 1 fully saturated rings. The number of nitrogens with zero attached hydrogens (tertiary/aromatic N) is 2. The van der Waals surface area contributed by atoms with E-state index >= 15 is 0 Å². The van der Waals surface area contributed by atoms with Crippen molar-refractivity contribution in [2.24, 2.45) is 0 Å². The van der Waals surface area contributed by atoms with Crippen LogP contribution in [-0.2, 0) is 4.79 Å². The summed E-state index contributed by atoms with van der Waals surface area (Å²) in [5, 5.41) is 2.12. The fourth-order valence-corrected chi connectivity index (χ4v) is 3.94. The number of benzene rings is 1. The van der Waals surface area contributed by atoms with E-state index in [9.17, 15) is 4.79 Å². The van der Waals surface area contributed by atoms with Crippen molar-refractivity contribution in [2.75, 3.05) is 12.3 Å². The Morgan fingerprint density at radius 3 is 3.00 bits per heavy atom. The van der Waals surface area contributed by atoms with Crippen molar-refractivity contribution in [3.63, 3.8) is 0 Å². The number of rotatable bonds is 3. The lowest BCUT2D eigenvalue weighted by molar-refractivity contribution is -0.131. The predicted octanol–water partition coefficient (Wildman–Crippen LogP) is 4.04. The van der Waals surface area contributed by atoms with Gasteiger partial charge in [-0.1, -0.05) is 30.0 Å². The summed E-state index contributed by atoms with van der Waals surface area (Å²) in [6, 6.07) is 10.6. The summed E-state index contributed by atoms with van der Waals surface area (Å²) in [5.74, 6) is 0.722. The van der Waals surface area contributed by atoms with Crippen LogP contribution in [0.4, 0.5) is 0 Å². The molecule has 0 N–H and O–H groups in total. The number of aryl methyl sites for hydroxylation is 1. The Bertz CT molecular complexity index is 686. The second kappa shape index (κ2) is 6.69. The molecule has 22 heavy (non-hydrogen) atoms. The van der Waals surface area contributed by atoms with Crippen LogP contribution in [0.2, 0.25) is 0 Å². The van der Waals surface area contributed by atoms with Gasteiger partial charge in [-0.15, -0.1) is 0 Å². The second-order valence-electron chi connectivity index (χ2n) is 6.02. The maximum absolute atomic E-state index is 12.4. The van der Waals surface area contributed by atoms with Gasteiger partial charge >= 0.3 is 0 Å². The van der Waals surface area contributed by atoms with Crippen LogP contribution >= 0.6 is 11.8 Å². The Hall–Kier alpha value is -1.55. The fraction of sp³-hybridized carbons (Fsp3) is 0.444. The molecule has 2 heterocycles. The van der Waals surface area contributed by atoms with Crippen LogP contribution in [0.5, 0.6) is 0 Å². The topological polar surface area (TPSA) is 33.2 Å². The third kappa shape index (κ3) is 3.27. The summed E-state index contributed by atoms with van der Waals surface area (Å²) in [4.78, 5) is 19.1. The summed E-state index contributed by atoms with van der Waals surface area (Å²) in [6.07, 6.45) is 3.50. The standard InChI is InChI=1S/C18H22N2OS/c1-13-11-17(19-16-9-4-3-8-15(13)16)22-12-18(21)20-10-6-5-7-14(20)2/h3-4,8-9,11,14H,5-7,10,12H2,1-2H3. The molecule has 1 saturated heterocycles. The lowest BCUT2D eigenvalue weighted by Crippen LogP contribution is -2.42. The number of aromatic nitrogens is 1. The largest absolute Gasteiger partial charge is 0.339 e. The molecular weight excluding hydrogens is 292 g/mol. The lowest BCUT2D eigenvalue weighted by atomic mass is 10.0. The molecule has 0 saturated carbocycles. The van der Waals surface area contributed by atoms with Crippen molar-refractivity contribution in [2.45, 2.75) is 44.2 Å². The first-order chi connectivity index (χ1) is 10.6. The predicted molar refractivity (Wildman–Crippen MR) is 92.2 cm³/mol. The number of fused-ring (bicyclic) bond motifs is 1. The maximum atomic E-state index is 12.4. The Morgan fingerprint density at radius 1 is 1.36 bits per heavy atom. The third-order valence-corrected chi connectivity index (χ3v) is 5.26. The maximum Gasteiger partial charge on any atom is 0.233 e. The monoisotopic (exact) mass is 314 g/mol. The van der Waals surface area contributed by atoms with E-state index in [-0.39, 0.29) is 5.91 Å².